The molecule has 0 radical (unpaired) electrons. The van der Waals surface area contributed by atoms with Crippen molar-refractivity contribution in [2.75, 3.05) is 26.2 Å². The van der Waals surface area contributed by atoms with E-state index in [1.807, 2.05) is 0 Å². The molecule has 0 amide bonds. The number of rotatable bonds is 5. The third-order valence-electron chi connectivity index (χ3n) is 3.45. The molecule has 2 atom stereocenters. The Bertz CT molecular complexity index is 147. The molecule has 0 aromatic carbocycles. The van der Waals surface area contributed by atoms with Crippen LogP contribution in [0.25, 0.3) is 0 Å². The first kappa shape index (κ1) is 12.0. The lowest BCUT2D eigenvalue weighted by atomic mass is 9.96. The van der Waals surface area contributed by atoms with Gasteiger partial charge in [-0.15, -0.1) is 0 Å². The van der Waals surface area contributed by atoms with Crippen molar-refractivity contribution >= 4 is 0 Å². The number of likely N-dealkylation sites (tertiary alicyclic amines) is 1. The van der Waals surface area contributed by atoms with Gasteiger partial charge in [-0.3, -0.25) is 0 Å². The van der Waals surface area contributed by atoms with Crippen molar-refractivity contribution in [3.8, 4) is 0 Å². The standard InChI is InChI=1S/C12H26N2/c1-4-11(3)14-8-6-7-12(10-14)9-13-5-2/h11-13H,4-10H2,1-3H3. The zero-order valence-electron chi connectivity index (χ0n) is 10.1. The third-order valence-corrected chi connectivity index (χ3v) is 3.45. The summed E-state index contributed by atoms with van der Waals surface area (Å²) in [7, 11) is 0. The van der Waals surface area contributed by atoms with Crippen molar-refractivity contribution < 1.29 is 0 Å². The first-order chi connectivity index (χ1) is 6.77. The van der Waals surface area contributed by atoms with Gasteiger partial charge in [-0.05, 0) is 51.7 Å². The van der Waals surface area contributed by atoms with Gasteiger partial charge in [0.2, 0.25) is 0 Å². The van der Waals surface area contributed by atoms with Crippen LogP contribution < -0.4 is 5.32 Å². The monoisotopic (exact) mass is 198 g/mol. The van der Waals surface area contributed by atoms with Gasteiger partial charge >= 0.3 is 0 Å². The maximum absolute atomic E-state index is 3.47. The van der Waals surface area contributed by atoms with Gasteiger partial charge in [0.15, 0.2) is 0 Å². The average Bonchev–Trinajstić information content (AvgIpc) is 2.25. The summed E-state index contributed by atoms with van der Waals surface area (Å²) in [6.45, 7) is 11.8. The van der Waals surface area contributed by atoms with Gasteiger partial charge in [-0.1, -0.05) is 13.8 Å². The maximum atomic E-state index is 3.47. The van der Waals surface area contributed by atoms with E-state index in [1.54, 1.807) is 0 Å². The lowest BCUT2D eigenvalue weighted by Gasteiger charge is -2.36. The van der Waals surface area contributed by atoms with Crippen LogP contribution in [0.1, 0.15) is 40.0 Å². The quantitative estimate of drug-likeness (QED) is 0.728. The molecule has 1 saturated heterocycles. The van der Waals surface area contributed by atoms with E-state index in [9.17, 15) is 0 Å². The molecule has 1 rings (SSSR count). The van der Waals surface area contributed by atoms with Crippen molar-refractivity contribution in [3.05, 3.63) is 0 Å². The topological polar surface area (TPSA) is 15.3 Å². The highest BCUT2D eigenvalue weighted by atomic mass is 15.2. The first-order valence-corrected chi connectivity index (χ1v) is 6.22. The molecule has 0 aromatic rings. The summed E-state index contributed by atoms with van der Waals surface area (Å²) in [6, 6.07) is 0.777. The van der Waals surface area contributed by atoms with Crippen LogP contribution in [0.2, 0.25) is 0 Å². The molecule has 14 heavy (non-hydrogen) atoms. The highest BCUT2D eigenvalue weighted by molar-refractivity contribution is 4.77. The molecule has 0 aliphatic carbocycles. The second kappa shape index (κ2) is 6.41. The Kier molecular flexibility index (Phi) is 5.49. The summed E-state index contributed by atoms with van der Waals surface area (Å²) in [5.41, 5.74) is 0. The molecule has 1 fully saturated rings. The fraction of sp³-hybridized carbons (Fsp3) is 1.00. The minimum atomic E-state index is 0.777. The van der Waals surface area contributed by atoms with Gasteiger partial charge < -0.3 is 10.2 Å². The van der Waals surface area contributed by atoms with Gasteiger partial charge in [0, 0.05) is 12.6 Å². The molecule has 1 N–H and O–H groups in total. The van der Waals surface area contributed by atoms with Crippen molar-refractivity contribution in [3.63, 3.8) is 0 Å². The minimum Gasteiger partial charge on any atom is -0.317 e. The largest absolute Gasteiger partial charge is 0.317 e. The van der Waals surface area contributed by atoms with E-state index >= 15 is 0 Å². The Balaban J connectivity index is 2.28. The SMILES string of the molecule is CCNCC1CCCN(C(C)CC)C1. The number of piperidine rings is 1. The Morgan fingerprint density at radius 1 is 1.43 bits per heavy atom. The van der Waals surface area contributed by atoms with E-state index in [0.717, 1.165) is 18.5 Å². The van der Waals surface area contributed by atoms with Crippen LogP contribution in [-0.4, -0.2) is 37.1 Å². The molecular formula is C12H26N2. The fourth-order valence-corrected chi connectivity index (χ4v) is 2.27. The Morgan fingerprint density at radius 2 is 2.21 bits per heavy atom. The number of hydrogen-bond donors (Lipinski definition) is 1. The van der Waals surface area contributed by atoms with E-state index in [0.29, 0.717) is 0 Å². The van der Waals surface area contributed by atoms with Crippen molar-refractivity contribution in [2.45, 2.75) is 46.1 Å². The molecule has 0 saturated carbocycles. The summed E-state index contributed by atoms with van der Waals surface area (Å²) in [5, 5.41) is 3.47. The van der Waals surface area contributed by atoms with Crippen LogP contribution in [0, 0.1) is 5.92 Å². The van der Waals surface area contributed by atoms with Gasteiger partial charge in [0.25, 0.3) is 0 Å². The molecule has 1 aliphatic heterocycles. The van der Waals surface area contributed by atoms with E-state index in [4.69, 9.17) is 0 Å². The normalized spacial score (nSPS) is 26.4. The Labute approximate surface area is 89.1 Å². The van der Waals surface area contributed by atoms with Gasteiger partial charge in [-0.25, -0.2) is 0 Å². The Hall–Kier alpha value is -0.0800. The number of hydrogen-bond acceptors (Lipinski definition) is 2. The number of nitrogens with one attached hydrogen (secondary N) is 1. The van der Waals surface area contributed by atoms with E-state index in [-0.39, 0.29) is 0 Å². The highest BCUT2D eigenvalue weighted by Crippen LogP contribution is 2.18. The fourth-order valence-electron chi connectivity index (χ4n) is 2.27. The van der Waals surface area contributed by atoms with Gasteiger partial charge in [-0.2, -0.15) is 0 Å². The van der Waals surface area contributed by atoms with Crippen molar-refractivity contribution in [1.82, 2.24) is 10.2 Å². The molecule has 0 spiro atoms. The molecule has 84 valence electrons. The molecule has 2 heteroatoms. The molecule has 0 aromatic heterocycles. The Morgan fingerprint density at radius 3 is 2.86 bits per heavy atom. The summed E-state index contributed by atoms with van der Waals surface area (Å²) in [6.07, 6.45) is 4.09. The maximum Gasteiger partial charge on any atom is 0.00644 e. The van der Waals surface area contributed by atoms with E-state index in [2.05, 4.69) is 31.0 Å². The molecule has 0 bridgehead atoms. The smallest absolute Gasteiger partial charge is 0.00644 e. The number of nitrogens with zero attached hydrogens (tertiary/aromatic N) is 1. The summed E-state index contributed by atoms with van der Waals surface area (Å²) in [4.78, 5) is 2.66. The summed E-state index contributed by atoms with van der Waals surface area (Å²) >= 11 is 0. The van der Waals surface area contributed by atoms with Crippen LogP contribution in [0.4, 0.5) is 0 Å². The van der Waals surface area contributed by atoms with Crippen LogP contribution >= 0.6 is 0 Å². The minimum absolute atomic E-state index is 0.777. The van der Waals surface area contributed by atoms with Gasteiger partial charge in [0.1, 0.15) is 0 Å². The second-order valence-corrected chi connectivity index (χ2v) is 4.57. The van der Waals surface area contributed by atoms with Gasteiger partial charge in [0.05, 0.1) is 0 Å². The second-order valence-electron chi connectivity index (χ2n) is 4.57. The molecule has 1 heterocycles. The predicted octanol–water partition coefficient (Wildman–Crippen LogP) is 2.11. The third kappa shape index (κ3) is 3.58. The van der Waals surface area contributed by atoms with Crippen molar-refractivity contribution in [1.29, 1.82) is 0 Å². The lowest BCUT2D eigenvalue weighted by Crippen LogP contribution is -2.43. The highest BCUT2D eigenvalue weighted by Gasteiger charge is 2.21. The van der Waals surface area contributed by atoms with Crippen LogP contribution in [0.5, 0.6) is 0 Å². The first-order valence-electron chi connectivity index (χ1n) is 6.22. The molecular weight excluding hydrogens is 172 g/mol. The van der Waals surface area contributed by atoms with Crippen LogP contribution in [-0.2, 0) is 0 Å². The molecule has 2 unspecified atom stereocenters. The lowest BCUT2D eigenvalue weighted by molar-refractivity contribution is 0.128. The van der Waals surface area contributed by atoms with Crippen LogP contribution in [0.15, 0.2) is 0 Å². The van der Waals surface area contributed by atoms with Crippen molar-refractivity contribution in [2.24, 2.45) is 5.92 Å². The zero-order chi connectivity index (χ0) is 10.4. The van der Waals surface area contributed by atoms with Crippen LogP contribution in [0.3, 0.4) is 0 Å². The molecule has 1 aliphatic rings. The summed E-state index contributed by atoms with van der Waals surface area (Å²) < 4.78 is 0. The average molecular weight is 198 g/mol. The molecule has 2 nitrogen and oxygen atoms in total. The zero-order valence-corrected chi connectivity index (χ0v) is 10.1. The predicted molar refractivity (Wildman–Crippen MR) is 62.6 cm³/mol. The van der Waals surface area contributed by atoms with E-state index in [1.165, 1.54) is 38.9 Å². The summed E-state index contributed by atoms with van der Waals surface area (Å²) in [5.74, 6) is 0.887. The van der Waals surface area contributed by atoms with E-state index < -0.39 is 0 Å².